The molecule has 0 spiro atoms. The van der Waals surface area contributed by atoms with Gasteiger partial charge in [-0.2, -0.15) is 0 Å². The van der Waals surface area contributed by atoms with Gasteiger partial charge in [0.05, 0.1) is 5.92 Å². The van der Waals surface area contributed by atoms with Crippen LogP contribution in [-0.2, 0) is 4.79 Å². The van der Waals surface area contributed by atoms with E-state index in [-0.39, 0.29) is 11.0 Å². The summed E-state index contributed by atoms with van der Waals surface area (Å²) < 4.78 is 0. The number of carbonyl (C=O) groups excluding carboxylic acids is 1. The van der Waals surface area contributed by atoms with E-state index in [0.29, 0.717) is 16.5 Å². The van der Waals surface area contributed by atoms with E-state index < -0.39 is 0 Å². The van der Waals surface area contributed by atoms with Crippen LogP contribution in [0, 0.1) is 0 Å². The molecule has 3 nitrogen and oxygen atoms in total. The maximum atomic E-state index is 11.6. The molecule has 0 amide bonds. The van der Waals surface area contributed by atoms with Gasteiger partial charge >= 0.3 is 0 Å². The zero-order valence-electron chi connectivity index (χ0n) is 12.4. The Hall–Kier alpha value is -0.980. The minimum absolute atomic E-state index is 0.193. The Labute approximate surface area is 142 Å². The lowest BCUT2D eigenvalue weighted by Gasteiger charge is -2.20. The van der Waals surface area contributed by atoms with Crippen molar-refractivity contribution in [3.63, 3.8) is 0 Å². The number of hydrogen-bond donors (Lipinski definition) is 3. The first-order valence-electron chi connectivity index (χ1n) is 6.86. The van der Waals surface area contributed by atoms with E-state index in [4.69, 9.17) is 24.4 Å². The minimum Gasteiger partial charge on any atom is -0.376 e. The third kappa shape index (κ3) is 4.49. The van der Waals surface area contributed by atoms with Gasteiger partial charge in [-0.15, -0.1) is 12.6 Å². The fourth-order valence-electron chi connectivity index (χ4n) is 2.01. The molecular formula is C15H20N2OS3. The summed E-state index contributed by atoms with van der Waals surface area (Å²) in [5, 5.41) is 6.08. The fourth-order valence-corrected chi connectivity index (χ4v) is 2.84. The maximum absolute atomic E-state index is 11.6. The van der Waals surface area contributed by atoms with Crippen molar-refractivity contribution in [2.45, 2.75) is 26.7 Å². The van der Waals surface area contributed by atoms with Gasteiger partial charge in [0.25, 0.3) is 0 Å². The summed E-state index contributed by atoms with van der Waals surface area (Å²) in [5.41, 5.74) is 2.51. The Morgan fingerprint density at radius 1 is 1.19 bits per heavy atom. The quantitative estimate of drug-likeness (QED) is 0.549. The van der Waals surface area contributed by atoms with Crippen molar-refractivity contribution in [3.8, 4) is 0 Å². The third-order valence-corrected chi connectivity index (χ3v) is 4.18. The molecule has 6 heteroatoms. The Kier molecular flexibility index (Phi) is 7.28. The summed E-state index contributed by atoms with van der Waals surface area (Å²) >= 11 is 14.8. The van der Waals surface area contributed by atoms with Crippen LogP contribution in [0.15, 0.2) is 18.2 Å². The smallest absolute Gasteiger partial charge is 0.193 e. The first-order chi connectivity index (χ1) is 9.93. The van der Waals surface area contributed by atoms with E-state index in [9.17, 15) is 4.79 Å². The first-order valence-corrected chi connectivity index (χ1v) is 8.12. The van der Waals surface area contributed by atoms with Gasteiger partial charge in [0.2, 0.25) is 0 Å². The van der Waals surface area contributed by atoms with Gasteiger partial charge < -0.3 is 10.6 Å². The monoisotopic (exact) mass is 340 g/mol. The molecule has 0 aliphatic carbocycles. The molecule has 0 heterocycles. The predicted octanol–water partition coefficient (Wildman–Crippen LogP) is 2.82. The van der Waals surface area contributed by atoms with Gasteiger partial charge in [-0.3, -0.25) is 4.79 Å². The summed E-state index contributed by atoms with van der Waals surface area (Å²) in [6.07, 6.45) is 0. The standard InChI is InChI=1S/C15H20N2OS3/c1-4-16-13(19)11-8-6-7-10(9(3)15(18)21)12(11)14(20)17-5-2/h6-9H,4-5H2,1-3H3,(H,16,19)(H,17,20)(H,18,21)/t9-/m0/s1. The zero-order chi connectivity index (χ0) is 16.0. The molecule has 2 N–H and O–H groups in total. The van der Waals surface area contributed by atoms with E-state index in [1.165, 1.54) is 0 Å². The number of thiocarbonyl (C=S) groups is 2. The van der Waals surface area contributed by atoms with Gasteiger partial charge in [0.15, 0.2) is 5.12 Å². The minimum atomic E-state index is -0.343. The largest absolute Gasteiger partial charge is 0.376 e. The van der Waals surface area contributed by atoms with Crippen LogP contribution in [0.1, 0.15) is 43.4 Å². The number of benzene rings is 1. The summed E-state index contributed by atoms with van der Waals surface area (Å²) in [7, 11) is 0. The highest BCUT2D eigenvalue weighted by Crippen LogP contribution is 2.25. The molecule has 1 rings (SSSR count). The number of nitrogens with one attached hydrogen (secondary N) is 2. The van der Waals surface area contributed by atoms with Crippen LogP contribution in [0.4, 0.5) is 0 Å². The van der Waals surface area contributed by atoms with E-state index in [1.807, 2.05) is 39.0 Å². The number of rotatable bonds is 6. The summed E-state index contributed by atoms with van der Waals surface area (Å²) in [6, 6.07) is 5.71. The summed E-state index contributed by atoms with van der Waals surface area (Å²) in [6.45, 7) is 7.23. The maximum Gasteiger partial charge on any atom is 0.193 e. The van der Waals surface area contributed by atoms with Gasteiger partial charge in [0.1, 0.15) is 9.98 Å². The molecule has 1 aromatic rings. The second kappa shape index (κ2) is 8.46. The molecule has 0 saturated heterocycles. The van der Waals surface area contributed by atoms with Crippen molar-refractivity contribution in [2.24, 2.45) is 0 Å². The molecule has 0 aliphatic rings. The Balaban J connectivity index is 3.44. The van der Waals surface area contributed by atoms with Crippen LogP contribution < -0.4 is 10.6 Å². The molecule has 0 unspecified atom stereocenters. The highest BCUT2D eigenvalue weighted by atomic mass is 32.1. The molecule has 0 radical (unpaired) electrons. The molecule has 1 aromatic carbocycles. The van der Waals surface area contributed by atoms with E-state index in [2.05, 4.69) is 23.3 Å². The first kappa shape index (κ1) is 18.1. The van der Waals surface area contributed by atoms with Crippen LogP contribution >= 0.6 is 37.1 Å². The van der Waals surface area contributed by atoms with Crippen LogP contribution in [0.5, 0.6) is 0 Å². The topological polar surface area (TPSA) is 41.1 Å². The molecule has 0 aliphatic heterocycles. The average molecular weight is 341 g/mol. The van der Waals surface area contributed by atoms with Crippen LogP contribution in [0.3, 0.4) is 0 Å². The Bertz CT molecular complexity index is 558. The van der Waals surface area contributed by atoms with Gasteiger partial charge in [-0.1, -0.05) is 49.6 Å². The highest BCUT2D eigenvalue weighted by molar-refractivity contribution is 7.96. The molecule has 1 atom stereocenters. The van der Waals surface area contributed by atoms with E-state index in [1.54, 1.807) is 0 Å². The zero-order valence-corrected chi connectivity index (χ0v) is 14.9. The average Bonchev–Trinajstić information content (AvgIpc) is 2.46. The Morgan fingerprint density at radius 2 is 1.76 bits per heavy atom. The second-order valence-corrected chi connectivity index (χ2v) is 5.81. The molecule has 21 heavy (non-hydrogen) atoms. The van der Waals surface area contributed by atoms with Crippen molar-refractivity contribution < 1.29 is 4.79 Å². The summed E-state index contributed by atoms with van der Waals surface area (Å²) in [4.78, 5) is 12.9. The lowest BCUT2D eigenvalue weighted by Crippen LogP contribution is -2.30. The van der Waals surface area contributed by atoms with Crippen LogP contribution in [0.25, 0.3) is 0 Å². The van der Waals surface area contributed by atoms with Gasteiger partial charge in [-0.25, -0.2) is 0 Å². The van der Waals surface area contributed by atoms with Gasteiger partial charge in [0, 0.05) is 24.2 Å². The van der Waals surface area contributed by atoms with Crippen LogP contribution in [-0.4, -0.2) is 28.2 Å². The van der Waals surface area contributed by atoms with Crippen molar-refractivity contribution in [2.75, 3.05) is 13.1 Å². The second-order valence-electron chi connectivity index (χ2n) is 4.55. The number of hydrogen-bond acceptors (Lipinski definition) is 3. The third-order valence-electron chi connectivity index (χ3n) is 3.08. The number of carbonyl (C=O) groups is 1. The normalized spacial score (nSPS) is 11.6. The molecule has 0 aromatic heterocycles. The van der Waals surface area contributed by atoms with Crippen LogP contribution in [0.2, 0.25) is 0 Å². The lowest BCUT2D eigenvalue weighted by atomic mass is 9.92. The lowest BCUT2D eigenvalue weighted by molar-refractivity contribution is -0.111. The molecule has 0 bridgehead atoms. The van der Waals surface area contributed by atoms with Gasteiger partial charge in [-0.05, 0) is 19.4 Å². The van der Waals surface area contributed by atoms with Crippen molar-refractivity contribution in [3.05, 3.63) is 34.9 Å². The Morgan fingerprint density at radius 3 is 2.29 bits per heavy atom. The fraction of sp³-hybridized carbons (Fsp3) is 0.400. The highest BCUT2D eigenvalue weighted by Gasteiger charge is 2.21. The van der Waals surface area contributed by atoms with E-state index >= 15 is 0 Å². The predicted molar refractivity (Wildman–Crippen MR) is 99.6 cm³/mol. The molecule has 114 valence electrons. The van der Waals surface area contributed by atoms with Crippen molar-refractivity contribution >= 4 is 52.2 Å². The molecule has 0 saturated carbocycles. The van der Waals surface area contributed by atoms with E-state index in [0.717, 1.165) is 23.2 Å². The molecular weight excluding hydrogens is 320 g/mol. The van der Waals surface area contributed by atoms with Crippen molar-refractivity contribution in [1.82, 2.24) is 10.6 Å². The van der Waals surface area contributed by atoms with Crippen molar-refractivity contribution in [1.29, 1.82) is 0 Å². The number of thiol groups is 1. The molecule has 0 fully saturated rings. The SMILES string of the molecule is CCNC(=S)c1cccc([C@H](C)C(=O)S)c1C(=S)NCC. The summed E-state index contributed by atoms with van der Waals surface area (Å²) in [5.74, 6) is -0.343.